The Hall–Kier alpha value is -1.32. The third-order valence-corrected chi connectivity index (χ3v) is 3.25. The molecule has 1 aromatic rings. The molecule has 0 bridgehead atoms. The van der Waals surface area contributed by atoms with E-state index >= 15 is 0 Å². The van der Waals surface area contributed by atoms with Gasteiger partial charge in [0.15, 0.2) is 5.82 Å². The largest absolute Gasteiger partial charge is 0.336 e. The quantitative estimate of drug-likeness (QED) is 0.749. The predicted molar refractivity (Wildman–Crippen MR) is 57.5 cm³/mol. The SMILES string of the molecule is C[C@@H](C1CC1)N(C)C(=O)c1nccn1C. The van der Waals surface area contributed by atoms with Crippen molar-refractivity contribution in [3.05, 3.63) is 18.2 Å². The van der Waals surface area contributed by atoms with Crippen LogP contribution >= 0.6 is 0 Å². The number of rotatable bonds is 3. The molecule has 1 saturated carbocycles. The highest BCUT2D eigenvalue weighted by atomic mass is 16.2. The van der Waals surface area contributed by atoms with Crippen LogP contribution in [0, 0.1) is 5.92 Å². The Morgan fingerprint density at radius 3 is 2.80 bits per heavy atom. The molecule has 1 amide bonds. The molecule has 1 fully saturated rings. The molecule has 1 atom stereocenters. The van der Waals surface area contributed by atoms with Gasteiger partial charge in [-0.1, -0.05) is 0 Å². The van der Waals surface area contributed by atoms with Crippen molar-refractivity contribution in [3.8, 4) is 0 Å². The van der Waals surface area contributed by atoms with E-state index in [1.807, 2.05) is 14.1 Å². The van der Waals surface area contributed by atoms with Gasteiger partial charge in [0, 0.05) is 32.5 Å². The van der Waals surface area contributed by atoms with Crippen LogP contribution in [0.2, 0.25) is 0 Å². The van der Waals surface area contributed by atoms with Crippen molar-refractivity contribution in [2.24, 2.45) is 13.0 Å². The Labute approximate surface area is 89.9 Å². The maximum atomic E-state index is 12.0. The molecule has 0 aromatic carbocycles. The number of nitrogens with zero attached hydrogens (tertiary/aromatic N) is 3. The molecule has 0 spiro atoms. The van der Waals surface area contributed by atoms with Crippen LogP contribution in [0.3, 0.4) is 0 Å². The first-order valence-electron chi connectivity index (χ1n) is 5.35. The summed E-state index contributed by atoms with van der Waals surface area (Å²) in [4.78, 5) is 17.9. The lowest BCUT2D eigenvalue weighted by molar-refractivity contribution is 0.0711. The van der Waals surface area contributed by atoms with Crippen molar-refractivity contribution in [2.45, 2.75) is 25.8 Å². The minimum Gasteiger partial charge on any atom is -0.336 e. The minimum absolute atomic E-state index is 0.0156. The molecule has 1 aliphatic carbocycles. The Bertz CT molecular complexity index is 368. The summed E-state index contributed by atoms with van der Waals surface area (Å²) in [5.74, 6) is 1.23. The maximum absolute atomic E-state index is 12.0. The van der Waals surface area contributed by atoms with E-state index in [4.69, 9.17) is 0 Å². The van der Waals surface area contributed by atoms with E-state index < -0.39 is 0 Å². The first-order chi connectivity index (χ1) is 7.11. The molecule has 4 heteroatoms. The number of amides is 1. The summed E-state index contributed by atoms with van der Waals surface area (Å²) in [5.41, 5.74) is 0. The van der Waals surface area contributed by atoms with Gasteiger partial charge in [-0.3, -0.25) is 4.79 Å². The van der Waals surface area contributed by atoms with E-state index in [1.165, 1.54) is 12.8 Å². The van der Waals surface area contributed by atoms with Gasteiger partial charge in [-0.05, 0) is 25.7 Å². The van der Waals surface area contributed by atoms with Crippen molar-refractivity contribution in [2.75, 3.05) is 7.05 Å². The highest BCUT2D eigenvalue weighted by Crippen LogP contribution is 2.34. The second-order valence-electron chi connectivity index (χ2n) is 4.36. The highest BCUT2D eigenvalue weighted by molar-refractivity contribution is 5.90. The summed E-state index contributed by atoms with van der Waals surface area (Å²) in [6, 6.07) is 0.328. The van der Waals surface area contributed by atoms with Gasteiger partial charge in [0.2, 0.25) is 0 Å². The number of imidazole rings is 1. The summed E-state index contributed by atoms with van der Waals surface area (Å²) in [6.45, 7) is 2.11. The predicted octanol–water partition coefficient (Wildman–Crippen LogP) is 1.29. The standard InChI is InChI=1S/C11H17N3O/c1-8(9-4-5-9)14(3)11(15)10-12-6-7-13(10)2/h6-9H,4-5H2,1-3H3/t8-/m0/s1. The zero-order valence-electron chi connectivity index (χ0n) is 9.47. The van der Waals surface area contributed by atoms with Gasteiger partial charge in [0.1, 0.15) is 0 Å². The van der Waals surface area contributed by atoms with E-state index in [0.717, 1.165) is 0 Å². The number of carbonyl (C=O) groups is 1. The summed E-state index contributed by atoms with van der Waals surface area (Å²) >= 11 is 0. The van der Waals surface area contributed by atoms with Crippen molar-refractivity contribution < 1.29 is 4.79 Å². The smallest absolute Gasteiger partial charge is 0.289 e. The second-order valence-corrected chi connectivity index (χ2v) is 4.36. The Kier molecular flexibility index (Phi) is 2.50. The van der Waals surface area contributed by atoms with Gasteiger partial charge in [-0.2, -0.15) is 0 Å². The molecule has 0 saturated heterocycles. The lowest BCUT2D eigenvalue weighted by Crippen LogP contribution is -2.37. The molecule has 15 heavy (non-hydrogen) atoms. The molecule has 4 nitrogen and oxygen atoms in total. The molecule has 82 valence electrons. The summed E-state index contributed by atoms with van der Waals surface area (Å²) in [7, 11) is 3.70. The molecule has 1 aliphatic rings. The van der Waals surface area contributed by atoms with Crippen LogP contribution in [0.1, 0.15) is 30.4 Å². The first kappa shape index (κ1) is 10.2. The van der Waals surface area contributed by atoms with Crippen molar-refractivity contribution >= 4 is 5.91 Å². The molecule has 0 unspecified atom stereocenters. The van der Waals surface area contributed by atoms with Crippen LogP contribution < -0.4 is 0 Å². The number of hydrogen-bond acceptors (Lipinski definition) is 2. The Morgan fingerprint density at radius 2 is 2.33 bits per heavy atom. The summed E-state index contributed by atoms with van der Waals surface area (Å²) < 4.78 is 1.76. The van der Waals surface area contributed by atoms with Crippen LogP contribution in [0.15, 0.2) is 12.4 Å². The van der Waals surface area contributed by atoms with Crippen LogP contribution in [0.25, 0.3) is 0 Å². The molecular formula is C11H17N3O. The molecule has 2 rings (SSSR count). The number of carbonyl (C=O) groups excluding carboxylic acids is 1. The zero-order valence-corrected chi connectivity index (χ0v) is 9.47. The van der Waals surface area contributed by atoms with Crippen molar-refractivity contribution in [3.63, 3.8) is 0 Å². The van der Waals surface area contributed by atoms with Gasteiger partial charge in [-0.25, -0.2) is 4.98 Å². The summed E-state index contributed by atoms with van der Waals surface area (Å²) in [6.07, 6.45) is 5.95. The number of hydrogen-bond donors (Lipinski definition) is 0. The summed E-state index contributed by atoms with van der Waals surface area (Å²) in [5, 5.41) is 0. The molecule has 1 heterocycles. The van der Waals surface area contributed by atoms with Crippen LogP contribution in [-0.2, 0) is 7.05 Å². The van der Waals surface area contributed by atoms with Crippen molar-refractivity contribution in [1.82, 2.24) is 14.5 Å². The van der Waals surface area contributed by atoms with Gasteiger partial charge in [0.25, 0.3) is 5.91 Å². The second kappa shape index (κ2) is 3.68. The fourth-order valence-corrected chi connectivity index (χ4v) is 1.81. The number of aryl methyl sites for hydroxylation is 1. The van der Waals surface area contributed by atoms with Gasteiger partial charge < -0.3 is 9.47 Å². The number of aromatic nitrogens is 2. The van der Waals surface area contributed by atoms with Crippen LogP contribution in [-0.4, -0.2) is 33.4 Å². The van der Waals surface area contributed by atoms with E-state index in [-0.39, 0.29) is 5.91 Å². The molecule has 0 radical (unpaired) electrons. The first-order valence-corrected chi connectivity index (χ1v) is 5.35. The van der Waals surface area contributed by atoms with Gasteiger partial charge >= 0.3 is 0 Å². The van der Waals surface area contributed by atoms with Crippen LogP contribution in [0.5, 0.6) is 0 Å². The van der Waals surface area contributed by atoms with E-state index in [0.29, 0.717) is 17.8 Å². The Morgan fingerprint density at radius 1 is 1.67 bits per heavy atom. The van der Waals surface area contributed by atoms with Crippen LogP contribution in [0.4, 0.5) is 0 Å². The molecule has 1 aromatic heterocycles. The molecule has 0 aliphatic heterocycles. The normalized spacial score (nSPS) is 17.5. The third-order valence-electron chi connectivity index (χ3n) is 3.25. The molecular weight excluding hydrogens is 190 g/mol. The minimum atomic E-state index is 0.0156. The Balaban J connectivity index is 2.10. The average Bonchev–Trinajstić information content (AvgIpc) is 2.98. The van der Waals surface area contributed by atoms with Crippen molar-refractivity contribution in [1.29, 1.82) is 0 Å². The van der Waals surface area contributed by atoms with E-state index in [1.54, 1.807) is 21.9 Å². The fraction of sp³-hybridized carbons (Fsp3) is 0.636. The van der Waals surface area contributed by atoms with E-state index in [2.05, 4.69) is 11.9 Å². The maximum Gasteiger partial charge on any atom is 0.289 e. The highest BCUT2D eigenvalue weighted by Gasteiger charge is 2.33. The lowest BCUT2D eigenvalue weighted by Gasteiger charge is -2.24. The topological polar surface area (TPSA) is 38.1 Å². The molecule has 0 N–H and O–H groups in total. The van der Waals surface area contributed by atoms with Gasteiger partial charge in [-0.15, -0.1) is 0 Å². The van der Waals surface area contributed by atoms with E-state index in [9.17, 15) is 4.79 Å². The zero-order chi connectivity index (χ0) is 11.0. The third kappa shape index (κ3) is 1.89. The average molecular weight is 207 g/mol. The lowest BCUT2D eigenvalue weighted by atomic mass is 10.2. The monoisotopic (exact) mass is 207 g/mol. The van der Waals surface area contributed by atoms with Gasteiger partial charge in [0.05, 0.1) is 0 Å². The fourth-order valence-electron chi connectivity index (χ4n) is 1.81.